The van der Waals surface area contributed by atoms with Crippen LogP contribution in [0.2, 0.25) is 0 Å². The highest BCUT2D eigenvalue weighted by Gasteiger charge is 2.33. The van der Waals surface area contributed by atoms with Crippen LogP contribution < -0.4 is 15.8 Å². The summed E-state index contributed by atoms with van der Waals surface area (Å²) in [5.41, 5.74) is 5.71. The van der Waals surface area contributed by atoms with Crippen LogP contribution in [-0.4, -0.2) is 35.2 Å². The third kappa shape index (κ3) is 4.85. The number of carbonyl (C=O) groups excluding carboxylic acids is 2. The summed E-state index contributed by atoms with van der Waals surface area (Å²) in [5.74, 6) is -3.66. The number of benzene rings is 2. The number of imide groups is 1. The van der Waals surface area contributed by atoms with Crippen molar-refractivity contribution in [2.45, 2.75) is 25.0 Å². The number of halogens is 2. The molecule has 0 spiro atoms. The number of aliphatic carboxylic acids is 1. The number of nitrogens with two attached hydrogens (primary N) is 1. The van der Waals surface area contributed by atoms with Gasteiger partial charge in [-0.1, -0.05) is 12.1 Å². The Bertz CT molecular complexity index is 941. The predicted octanol–water partition coefficient (Wildman–Crippen LogP) is 1.89. The molecule has 2 aromatic carbocycles. The third-order valence-electron chi connectivity index (χ3n) is 4.20. The van der Waals surface area contributed by atoms with Crippen LogP contribution in [0.1, 0.15) is 11.1 Å². The minimum absolute atomic E-state index is 0.118. The van der Waals surface area contributed by atoms with Crippen molar-refractivity contribution in [3.63, 3.8) is 0 Å². The highest BCUT2D eigenvalue weighted by molar-refractivity contribution is 6.00. The van der Waals surface area contributed by atoms with Gasteiger partial charge in [-0.15, -0.1) is 0 Å². The van der Waals surface area contributed by atoms with E-state index in [1.807, 2.05) is 5.32 Å². The molecule has 1 aliphatic heterocycles. The minimum Gasteiger partial charge on any atom is -0.480 e. The largest absolute Gasteiger partial charge is 0.480 e. The second kappa shape index (κ2) is 8.23. The smallest absolute Gasteiger partial charge is 0.414 e. The maximum Gasteiger partial charge on any atom is 0.414 e. The number of cyclic esters (lactones) is 1. The van der Waals surface area contributed by atoms with Crippen molar-refractivity contribution < 1.29 is 37.7 Å². The van der Waals surface area contributed by atoms with Crippen LogP contribution in [0.25, 0.3) is 0 Å². The van der Waals surface area contributed by atoms with E-state index in [1.165, 1.54) is 12.1 Å². The molecule has 1 heterocycles. The second-order valence-electron chi connectivity index (χ2n) is 6.35. The number of carboxylic acid groups (broad SMARTS) is 1. The fourth-order valence-electron chi connectivity index (χ4n) is 2.72. The molecule has 1 fully saturated rings. The molecule has 1 saturated heterocycles. The molecule has 3 rings (SSSR count). The van der Waals surface area contributed by atoms with E-state index >= 15 is 0 Å². The first-order chi connectivity index (χ1) is 13.7. The molecule has 0 saturated carbocycles. The number of hydrogen-bond donors (Lipinski definition) is 3. The highest BCUT2D eigenvalue weighted by atomic mass is 19.1. The molecule has 2 atom stereocenters. The second-order valence-corrected chi connectivity index (χ2v) is 6.35. The van der Waals surface area contributed by atoms with Crippen molar-refractivity contribution in [1.29, 1.82) is 0 Å². The number of carbonyl (C=O) groups is 3. The van der Waals surface area contributed by atoms with E-state index in [0.717, 1.165) is 12.1 Å². The van der Waals surface area contributed by atoms with Gasteiger partial charge in [-0.2, -0.15) is 0 Å². The number of carboxylic acids is 1. The summed E-state index contributed by atoms with van der Waals surface area (Å²) < 4.78 is 38.7. The van der Waals surface area contributed by atoms with Gasteiger partial charge in [0, 0.05) is 24.1 Å². The zero-order valence-electron chi connectivity index (χ0n) is 14.9. The van der Waals surface area contributed by atoms with Gasteiger partial charge in [-0.25, -0.2) is 13.6 Å². The number of rotatable bonds is 7. The topological polar surface area (TPSA) is 128 Å². The molecule has 2 unspecified atom stereocenters. The van der Waals surface area contributed by atoms with Crippen LogP contribution in [0.3, 0.4) is 0 Å². The lowest BCUT2D eigenvalue weighted by atomic mass is 10.1. The van der Waals surface area contributed by atoms with Crippen LogP contribution in [0, 0.1) is 11.6 Å². The van der Waals surface area contributed by atoms with Crippen molar-refractivity contribution in [3.8, 4) is 11.5 Å². The SMILES string of the molecule is NC(Cc1ccc(Oc2cc(F)c(CC3OC(=O)NC3=O)c(F)c2)cc1)C(=O)O. The van der Waals surface area contributed by atoms with E-state index in [2.05, 4.69) is 4.74 Å². The van der Waals surface area contributed by atoms with Gasteiger partial charge in [0.25, 0.3) is 5.91 Å². The van der Waals surface area contributed by atoms with E-state index in [9.17, 15) is 23.2 Å². The van der Waals surface area contributed by atoms with E-state index < -0.39 is 53.7 Å². The fraction of sp³-hybridized carbons (Fsp3) is 0.211. The number of nitrogens with one attached hydrogen (secondary N) is 1. The van der Waals surface area contributed by atoms with Crippen LogP contribution in [0.15, 0.2) is 36.4 Å². The summed E-state index contributed by atoms with van der Waals surface area (Å²) >= 11 is 0. The molecule has 10 heteroatoms. The third-order valence-corrected chi connectivity index (χ3v) is 4.20. The number of amides is 2. The van der Waals surface area contributed by atoms with Crippen molar-refractivity contribution in [3.05, 3.63) is 59.2 Å². The van der Waals surface area contributed by atoms with Crippen molar-refractivity contribution in [2.75, 3.05) is 0 Å². The molecule has 2 aromatic rings. The van der Waals surface area contributed by atoms with Gasteiger partial charge in [0.2, 0.25) is 0 Å². The zero-order chi connectivity index (χ0) is 21.1. The standard InChI is InChI=1S/C19H16F2N2O6/c20-13-6-11(7-14(21)12(13)8-16-17(24)23-19(27)29-16)28-10-3-1-9(2-4-10)5-15(22)18(25)26/h1-4,6-7,15-16H,5,8,22H2,(H,25,26)(H,23,24,27). The van der Waals surface area contributed by atoms with E-state index in [0.29, 0.717) is 5.56 Å². The van der Waals surface area contributed by atoms with Gasteiger partial charge in [0.1, 0.15) is 29.2 Å². The first-order valence-electron chi connectivity index (χ1n) is 8.47. The Morgan fingerprint density at radius 1 is 1.17 bits per heavy atom. The molecular weight excluding hydrogens is 390 g/mol. The normalized spacial score (nSPS) is 16.9. The summed E-state index contributed by atoms with van der Waals surface area (Å²) in [5, 5.41) is 10.7. The lowest BCUT2D eigenvalue weighted by Crippen LogP contribution is -2.32. The molecule has 8 nitrogen and oxygen atoms in total. The van der Waals surface area contributed by atoms with Gasteiger partial charge in [0.15, 0.2) is 6.10 Å². The van der Waals surface area contributed by atoms with Crippen LogP contribution in [0.4, 0.5) is 13.6 Å². The van der Waals surface area contributed by atoms with E-state index in [4.69, 9.17) is 15.6 Å². The zero-order valence-corrected chi connectivity index (χ0v) is 14.9. The molecule has 2 amide bonds. The van der Waals surface area contributed by atoms with Crippen molar-refractivity contribution in [2.24, 2.45) is 5.73 Å². The van der Waals surface area contributed by atoms with Gasteiger partial charge < -0.3 is 20.3 Å². The van der Waals surface area contributed by atoms with Gasteiger partial charge in [0.05, 0.1) is 0 Å². The average molecular weight is 406 g/mol. The van der Waals surface area contributed by atoms with Crippen molar-refractivity contribution >= 4 is 18.0 Å². The number of ether oxygens (including phenoxy) is 2. The maximum absolute atomic E-state index is 14.3. The Morgan fingerprint density at radius 2 is 1.79 bits per heavy atom. The first kappa shape index (κ1) is 20.2. The molecule has 152 valence electrons. The number of alkyl carbamates (subject to hydrolysis) is 1. The molecule has 4 N–H and O–H groups in total. The molecule has 0 aromatic heterocycles. The molecular formula is C19H16F2N2O6. The fourth-order valence-corrected chi connectivity index (χ4v) is 2.72. The predicted molar refractivity (Wildman–Crippen MR) is 94.3 cm³/mol. The Morgan fingerprint density at radius 3 is 2.31 bits per heavy atom. The Hall–Kier alpha value is -3.53. The van der Waals surface area contributed by atoms with Gasteiger partial charge >= 0.3 is 12.1 Å². The van der Waals surface area contributed by atoms with E-state index in [1.54, 1.807) is 12.1 Å². The maximum atomic E-state index is 14.3. The molecule has 0 bridgehead atoms. The van der Waals surface area contributed by atoms with Crippen LogP contribution >= 0.6 is 0 Å². The van der Waals surface area contributed by atoms with Gasteiger partial charge in [-0.3, -0.25) is 14.9 Å². The monoisotopic (exact) mass is 406 g/mol. The lowest BCUT2D eigenvalue weighted by molar-refractivity contribution is -0.138. The van der Waals surface area contributed by atoms with E-state index in [-0.39, 0.29) is 17.9 Å². The molecule has 1 aliphatic rings. The van der Waals surface area contributed by atoms with Crippen molar-refractivity contribution in [1.82, 2.24) is 5.32 Å². The molecule has 0 aliphatic carbocycles. The lowest BCUT2D eigenvalue weighted by Gasteiger charge is -2.12. The quantitative estimate of drug-likeness (QED) is 0.641. The molecule has 29 heavy (non-hydrogen) atoms. The Balaban J connectivity index is 1.69. The summed E-state index contributed by atoms with van der Waals surface area (Å²) in [6.07, 6.45) is -2.60. The summed E-state index contributed by atoms with van der Waals surface area (Å²) in [4.78, 5) is 33.3. The summed E-state index contributed by atoms with van der Waals surface area (Å²) in [7, 11) is 0. The first-order valence-corrected chi connectivity index (χ1v) is 8.47. The summed E-state index contributed by atoms with van der Waals surface area (Å²) in [6.45, 7) is 0. The highest BCUT2D eigenvalue weighted by Crippen LogP contribution is 2.27. The Labute approximate surface area is 163 Å². The summed E-state index contributed by atoms with van der Waals surface area (Å²) in [6, 6.07) is 7.05. The minimum atomic E-state index is -1.30. The van der Waals surface area contributed by atoms with Gasteiger partial charge in [-0.05, 0) is 24.1 Å². The van der Waals surface area contributed by atoms with Crippen LogP contribution in [-0.2, 0) is 27.2 Å². The number of hydrogen-bond acceptors (Lipinski definition) is 6. The molecule has 0 radical (unpaired) electrons. The van der Waals surface area contributed by atoms with Crippen LogP contribution in [0.5, 0.6) is 11.5 Å². The average Bonchev–Trinajstić information content (AvgIpc) is 2.97. The Kier molecular flexibility index (Phi) is 5.74.